The molecule has 0 atom stereocenters. The number of benzene rings is 22. The molecule has 692 valence electrons. The Kier molecular flexibility index (Phi) is 21.1. The summed E-state index contributed by atoms with van der Waals surface area (Å²) < 4.78 is 29.4. The van der Waals surface area contributed by atoms with Crippen LogP contribution in [0.4, 0.5) is 0 Å². The van der Waals surface area contributed by atoms with Crippen LogP contribution in [0, 0.1) is 0 Å². The van der Waals surface area contributed by atoms with Crippen molar-refractivity contribution in [2.45, 2.75) is 0 Å². The highest BCUT2D eigenvalue weighted by atomic mass is 32.1. The maximum atomic E-state index is 7.35. The van der Waals surface area contributed by atoms with E-state index in [1.54, 1.807) is 45.3 Å². The summed E-state index contributed by atoms with van der Waals surface area (Å²) in [6, 6.07) is 176. The highest BCUT2D eigenvalue weighted by molar-refractivity contribution is 7.14. The zero-order valence-corrected chi connectivity index (χ0v) is 83.0. The maximum Gasteiger partial charge on any atom is 0.143 e. The second-order valence-corrected chi connectivity index (χ2v) is 42.0. The Balaban J connectivity index is 0.000000140. The molecular formula is C140H84O4S4. The van der Waals surface area contributed by atoms with Gasteiger partial charge in [0, 0.05) is 106 Å². The van der Waals surface area contributed by atoms with Crippen LogP contribution >= 0.6 is 45.3 Å². The molecule has 0 aliphatic rings. The van der Waals surface area contributed by atoms with Crippen molar-refractivity contribution in [3.05, 3.63) is 507 Å². The second-order valence-electron chi connectivity index (χ2n) is 38.2. The standard InChI is InChI=1S/C74H46O2.C66H38O2S4/c1-5-15-47(16-6-1)51-27-31-55(32-28-51)59-43-63(57-39-35-53(36-40-57)49-19-9-3-10-20-49)73-65(45-59)69-61-23-13-26-68-72(61)70(62-24-14-25-67(75-73)71(62)69)66-46-60(56-33-29-52(30-34-56)48-17-7-2-8-18-48)44-64(74(66)76-68)58-41-37-54(38-42-58)50-21-11-4-12-22-50;1-7-49-61-53-37-47(39-15-23-43(24-16-39)57-11-3-31-69-57)36-52(42-21-29-46(30-22-42)60-14-6-34-72-60)66(53)68-56-10-2-8-50(64(56)61)62-54-38-48(40-17-25-44(26-18-40)58-12-4-32-70-58)35-51(65(54)67-55(9-1)63(49)62)41-19-27-45(28-20-41)59-13-5-33-71-59/h1-46H;1-38H. The van der Waals surface area contributed by atoms with Crippen LogP contribution in [0.15, 0.2) is 524 Å². The van der Waals surface area contributed by atoms with Crippen molar-refractivity contribution in [2.24, 2.45) is 0 Å². The number of hydrogen-bond donors (Lipinski definition) is 0. The summed E-state index contributed by atoms with van der Waals surface area (Å²) in [6.45, 7) is 0. The third-order valence-corrected chi connectivity index (χ3v) is 33.4. The summed E-state index contributed by atoms with van der Waals surface area (Å²) in [5.74, 6) is 0. The molecule has 0 aliphatic carbocycles. The summed E-state index contributed by atoms with van der Waals surface area (Å²) in [4.78, 5) is 5.03. The molecule has 0 saturated carbocycles. The first-order valence-electron chi connectivity index (χ1n) is 50.0. The largest absolute Gasteiger partial charge is 0.455 e. The molecule has 0 saturated heterocycles. The molecule has 0 bridgehead atoms. The first kappa shape index (κ1) is 86.5. The fraction of sp³-hybridized carbons (Fsp3) is 0. The molecule has 0 spiro atoms. The van der Waals surface area contributed by atoms with Crippen LogP contribution in [0.2, 0.25) is 0 Å². The number of hydrogen-bond acceptors (Lipinski definition) is 8. The van der Waals surface area contributed by atoms with Crippen molar-refractivity contribution >= 4 is 176 Å². The van der Waals surface area contributed by atoms with Crippen LogP contribution in [0.3, 0.4) is 0 Å². The molecule has 0 unspecified atom stereocenters. The van der Waals surface area contributed by atoms with Gasteiger partial charge < -0.3 is 17.7 Å². The Morgan fingerprint density at radius 1 is 0.115 bits per heavy atom. The second kappa shape index (κ2) is 36.0. The molecular weight excluding hydrogens is 1870 g/mol. The van der Waals surface area contributed by atoms with E-state index in [1.807, 2.05) is 0 Å². The van der Waals surface area contributed by atoms with E-state index >= 15 is 0 Å². The van der Waals surface area contributed by atoms with Crippen molar-refractivity contribution in [3.63, 3.8) is 0 Å². The Hall–Kier alpha value is -18.1. The molecule has 4 nitrogen and oxygen atoms in total. The quantitative estimate of drug-likeness (QED) is 0.0715. The van der Waals surface area contributed by atoms with E-state index in [1.165, 1.54) is 86.3 Å². The van der Waals surface area contributed by atoms with E-state index in [2.05, 4.69) is 507 Å². The monoisotopic (exact) mass is 1960 g/mol. The van der Waals surface area contributed by atoms with Gasteiger partial charge in [0.2, 0.25) is 0 Å². The lowest BCUT2D eigenvalue weighted by atomic mass is 9.86. The van der Waals surface area contributed by atoms with Crippen LogP contribution in [0.25, 0.3) is 306 Å². The minimum atomic E-state index is 0.836. The predicted octanol–water partition coefficient (Wildman–Crippen LogP) is 42.5. The van der Waals surface area contributed by atoms with Crippen LogP contribution in [0.5, 0.6) is 0 Å². The number of fused-ring (bicyclic) bond motifs is 12. The first-order valence-corrected chi connectivity index (χ1v) is 53.5. The van der Waals surface area contributed by atoms with Gasteiger partial charge in [-0.05, 0) is 274 Å². The average molecular weight is 1960 g/mol. The molecule has 0 radical (unpaired) electrons. The van der Waals surface area contributed by atoms with Gasteiger partial charge >= 0.3 is 0 Å². The SMILES string of the molecule is c1ccc(-c2ccc(-c3cc(-c4ccc(-c5ccccc5)cc4)c4oc5cccc6c5c(c4c3)c3cccc4oc5c(-c7ccc(-c8ccccc8)cc7)cc(-c7ccc(-c8ccccc8)cc7)cc5c6c43)cc2)cc1.c1csc(-c2ccc(-c3cc(-c4ccc(-c5cccs5)cc4)c4oc5cccc6c5c(c4c3)c3cccc4oc5c(-c7ccc(-c8cccs8)cc7)cc(-c7ccc(-c8cccs8)cc7)cc5c6c43)cc2)c1. The Morgan fingerprint density at radius 2 is 0.291 bits per heavy atom. The van der Waals surface area contributed by atoms with E-state index in [9.17, 15) is 0 Å². The molecule has 0 N–H and O–H groups in total. The lowest BCUT2D eigenvalue weighted by Gasteiger charge is -2.20. The van der Waals surface area contributed by atoms with Crippen LogP contribution in [0.1, 0.15) is 0 Å². The van der Waals surface area contributed by atoms with E-state index < -0.39 is 0 Å². The summed E-state index contributed by atoms with van der Waals surface area (Å²) in [7, 11) is 0. The first-order chi connectivity index (χ1) is 73.3. The molecule has 8 heteroatoms. The minimum absolute atomic E-state index is 0.836. The van der Waals surface area contributed by atoms with E-state index in [0.29, 0.717) is 0 Å². The molecule has 0 amide bonds. The van der Waals surface area contributed by atoms with Gasteiger partial charge in [0.25, 0.3) is 0 Å². The smallest absolute Gasteiger partial charge is 0.143 e. The lowest BCUT2D eigenvalue weighted by molar-refractivity contribution is 0.662. The molecule has 30 rings (SSSR count). The van der Waals surface area contributed by atoms with Gasteiger partial charge in [-0.25, -0.2) is 0 Å². The lowest BCUT2D eigenvalue weighted by Crippen LogP contribution is -1.94. The fourth-order valence-electron chi connectivity index (χ4n) is 22.6. The number of rotatable bonds is 16. The van der Waals surface area contributed by atoms with Gasteiger partial charge in [-0.15, -0.1) is 45.3 Å². The molecule has 8 heterocycles. The predicted molar refractivity (Wildman–Crippen MR) is 631 cm³/mol. The normalized spacial score (nSPS) is 11.8. The van der Waals surface area contributed by atoms with Crippen LogP contribution < -0.4 is 0 Å². The van der Waals surface area contributed by atoms with Gasteiger partial charge in [-0.1, -0.05) is 388 Å². The molecule has 8 aromatic heterocycles. The van der Waals surface area contributed by atoms with Crippen LogP contribution in [-0.2, 0) is 0 Å². The van der Waals surface area contributed by atoms with Gasteiger partial charge in [0.1, 0.15) is 44.7 Å². The highest BCUT2D eigenvalue weighted by Gasteiger charge is 2.29. The molecule has 0 fully saturated rings. The van der Waals surface area contributed by atoms with Gasteiger partial charge in [-0.2, -0.15) is 0 Å². The highest BCUT2D eigenvalue weighted by Crippen LogP contribution is 2.55. The van der Waals surface area contributed by atoms with E-state index in [0.717, 1.165) is 220 Å². The van der Waals surface area contributed by atoms with Gasteiger partial charge in [-0.3, -0.25) is 0 Å². The van der Waals surface area contributed by atoms with Crippen LogP contribution in [-0.4, -0.2) is 0 Å². The zero-order valence-electron chi connectivity index (χ0n) is 79.8. The van der Waals surface area contributed by atoms with Gasteiger partial charge in [0.15, 0.2) is 0 Å². The number of thiophene rings is 4. The average Bonchev–Trinajstić information content (AvgIpc) is 1.13. The molecule has 148 heavy (non-hydrogen) atoms. The molecule has 0 aliphatic heterocycles. The Bertz CT molecular complexity index is 9730. The Labute approximate surface area is 868 Å². The van der Waals surface area contributed by atoms with Gasteiger partial charge in [0.05, 0.1) is 0 Å². The summed E-state index contributed by atoms with van der Waals surface area (Å²) in [6.07, 6.45) is 0. The third kappa shape index (κ3) is 15.0. The third-order valence-electron chi connectivity index (χ3n) is 29.8. The van der Waals surface area contributed by atoms with Crippen molar-refractivity contribution < 1.29 is 17.7 Å². The van der Waals surface area contributed by atoms with Crippen molar-refractivity contribution in [1.82, 2.24) is 0 Å². The maximum absolute atomic E-state index is 7.35. The summed E-state index contributed by atoms with van der Waals surface area (Å²) in [5.41, 5.74) is 38.7. The fourth-order valence-corrected chi connectivity index (χ4v) is 25.6. The topological polar surface area (TPSA) is 52.6 Å². The molecule has 22 aromatic carbocycles. The van der Waals surface area contributed by atoms with E-state index in [4.69, 9.17) is 17.7 Å². The molecule has 30 aromatic rings. The minimum Gasteiger partial charge on any atom is -0.455 e. The Morgan fingerprint density at radius 3 is 0.480 bits per heavy atom. The van der Waals surface area contributed by atoms with Crippen molar-refractivity contribution in [3.8, 4) is 175 Å². The zero-order chi connectivity index (χ0) is 97.4. The van der Waals surface area contributed by atoms with Crippen molar-refractivity contribution in [1.29, 1.82) is 0 Å². The van der Waals surface area contributed by atoms with Crippen molar-refractivity contribution in [2.75, 3.05) is 0 Å². The summed E-state index contributed by atoms with van der Waals surface area (Å²) >= 11 is 7.05. The van der Waals surface area contributed by atoms with E-state index in [-0.39, 0.29) is 0 Å². The summed E-state index contributed by atoms with van der Waals surface area (Å²) in [5, 5.41) is 26.3.